The highest BCUT2D eigenvalue weighted by atomic mass is 35.5. The number of hydrazone groups is 1. The second kappa shape index (κ2) is 8.34. The van der Waals surface area contributed by atoms with Crippen LogP contribution in [0.15, 0.2) is 59.7 Å². The van der Waals surface area contributed by atoms with Crippen molar-refractivity contribution in [1.82, 2.24) is 5.43 Å². The van der Waals surface area contributed by atoms with Gasteiger partial charge in [-0.05, 0) is 23.6 Å². The number of benzene rings is 2. The van der Waals surface area contributed by atoms with Crippen molar-refractivity contribution in [2.75, 3.05) is 6.61 Å². The summed E-state index contributed by atoms with van der Waals surface area (Å²) in [5.41, 5.74) is 4.33. The molecule has 4 nitrogen and oxygen atoms in total. The van der Waals surface area contributed by atoms with Crippen LogP contribution < -0.4 is 10.2 Å². The summed E-state index contributed by atoms with van der Waals surface area (Å²) in [5.74, 6) is 0.321. The van der Waals surface area contributed by atoms with Gasteiger partial charge in [-0.3, -0.25) is 4.79 Å². The Balaban J connectivity index is 1.97. The smallest absolute Gasteiger partial charge is 0.277 e. The predicted octanol–water partition coefficient (Wildman–Crippen LogP) is 3.90. The second-order valence-corrected chi connectivity index (χ2v) is 5.68. The molecule has 0 atom stereocenters. The number of carbonyl (C=O) groups excluding carboxylic acids is 1. The molecular formula is C18H19ClN2O2. The molecule has 0 fully saturated rings. The van der Waals surface area contributed by atoms with Crippen LogP contribution in [-0.2, 0) is 4.79 Å². The molecule has 0 saturated carbocycles. The molecule has 0 aliphatic carbocycles. The van der Waals surface area contributed by atoms with Crippen molar-refractivity contribution in [1.29, 1.82) is 0 Å². The van der Waals surface area contributed by atoms with Crippen LogP contribution in [-0.4, -0.2) is 18.2 Å². The third-order valence-electron chi connectivity index (χ3n) is 3.11. The van der Waals surface area contributed by atoms with Crippen molar-refractivity contribution >= 4 is 23.2 Å². The van der Waals surface area contributed by atoms with Gasteiger partial charge in [0.1, 0.15) is 5.75 Å². The first kappa shape index (κ1) is 17.0. The maximum atomic E-state index is 11.9. The van der Waals surface area contributed by atoms with Crippen molar-refractivity contribution < 1.29 is 9.53 Å². The van der Waals surface area contributed by atoms with E-state index in [0.29, 0.717) is 10.8 Å². The van der Waals surface area contributed by atoms with Gasteiger partial charge < -0.3 is 4.74 Å². The number of ether oxygens (including phenoxy) is 1. The van der Waals surface area contributed by atoms with Crippen molar-refractivity contribution in [3.63, 3.8) is 0 Å². The highest BCUT2D eigenvalue weighted by Crippen LogP contribution is 2.22. The Labute approximate surface area is 141 Å². The van der Waals surface area contributed by atoms with E-state index in [-0.39, 0.29) is 18.4 Å². The van der Waals surface area contributed by atoms with E-state index in [1.54, 1.807) is 24.3 Å². The molecule has 0 heterocycles. The third kappa shape index (κ3) is 5.11. The first-order valence-corrected chi connectivity index (χ1v) is 7.75. The molecule has 1 N–H and O–H groups in total. The monoisotopic (exact) mass is 330 g/mol. The van der Waals surface area contributed by atoms with Crippen molar-refractivity contribution in [2.24, 2.45) is 11.0 Å². The fourth-order valence-electron chi connectivity index (χ4n) is 2.00. The van der Waals surface area contributed by atoms with E-state index in [0.717, 1.165) is 11.3 Å². The van der Waals surface area contributed by atoms with Gasteiger partial charge in [-0.15, -0.1) is 0 Å². The van der Waals surface area contributed by atoms with E-state index in [2.05, 4.69) is 10.5 Å². The number of para-hydroxylation sites is 1. The lowest BCUT2D eigenvalue weighted by Crippen LogP contribution is -2.27. The highest BCUT2D eigenvalue weighted by molar-refractivity contribution is 6.32. The van der Waals surface area contributed by atoms with Crippen molar-refractivity contribution in [3.8, 4) is 5.75 Å². The summed E-state index contributed by atoms with van der Waals surface area (Å²) in [7, 11) is 0. The van der Waals surface area contributed by atoms with E-state index >= 15 is 0 Å². The maximum absolute atomic E-state index is 11.9. The molecule has 23 heavy (non-hydrogen) atoms. The van der Waals surface area contributed by atoms with Gasteiger partial charge in [0.15, 0.2) is 6.61 Å². The molecule has 0 saturated heterocycles. The van der Waals surface area contributed by atoms with Gasteiger partial charge in [0.25, 0.3) is 5.91 Å². The Morgan fingerprint density at radius 3 is 2.43 bits per heavy atom. The SMILES string of the molecule is CC(C)/C(=N\NC(=O)COc1ccccc1Cl)c1ccccc1. The zero-order chi connectivity index (χ0) is 16.7. The normalized spacial score (nSPS) is 11.4. The molecule has 0 unspecified atom stereocenters. The van der Waals surface area contributed by atoms with E-state index in [9.17, 15) is 4.79 Å². The lowest BCUT2D eigenvalue weighted by molar-refractivity contribution is -0.123. The molecule has 0 radical (unpaired) electrons. The molecule has 0 aliphatic heterocycles. The summed E-state index contributed by atoms with van der Waals surface area (Å²) in [6.45, 7) is 3.91. The third-order valence-corrected chi connectivity index (χ3v) is 3.43. The molecule has 5 heteroatoms. The van der Waals surface area contributed by atoms with Gasteiger partial charge in [-0.1, -0.05) is 67.9 Å². The van der Waals surface area contributed by atoms with Crippen LogP contribution in [0.3, 0.4) is 0 Å². The quantitative estimate of drug-likeness (QED) is 0.645. The molecule has 120 valence electrons. The van der Waals surface area contributed by atoms with E-state index in [1.165, 1.54) is 0 Å². The van der Waals surface area contributed by atoms with Gasteiger partial charge >= 0.3 is 0 Å². The number of nitrogens with one attached hydrogen (secondary N) is 1. The summed E-state index contributed by atoms with van der Waals surface area (Å²) in [5, 5.41) is 4.70. The first-order chi connectivity index (χ1) is 11.1. The topological polar surface area (TPSA) is 50.7 Å². The minimum Gasteiger partial charge on any atom is -0.482 e. The summed E-state index contributed by atoms with van der Waals surface area (Å²) < 4.78 is 5.38. The molecule has 2 aromatic carbocycles. The van der Waals surface area contributed by atoms with Crippen LogP contribution in [0, 0.1) is 5.92 Å². The van der Waals surface area contributed by atoms with E-state index in [1.807, 2.05) is 44.2 Å². The number of rotatable bonds is 6. The van der Waals surface area contributed by atoms with Gasteiger partial charge in [0.2, 0.25) is 0 Å². The van der Waals surface area contributed by atoms with Crippen LogP contribution in [0.25, 0.3) is 0 Å². The summed E-state index contributed by atoms with van der Waals surface area (Å²) >= 11 is 5.97. The zero-order valence-corrected chi connectivity index (χ0v) is 13.9. The Bertz CT molecular complexity index is 684. The van der Waals surface area contributed by atoms with E-state index in [4.69, 9.17) is 16.3 Å². The fourth-order valence-corrected chi connectivity index (χ4v) is 2.19. The van der Waals surface area contributed by atoms with Crippen LogP contribution >= 0.6 is 11.6 Å². The zero-order valence-electron chi connectivity index (χ0n) is 13.1. The van der Waals surface area contributed by atoms with Gasteiger partial charge in [0.05, 0.1) is 10.7 Å². The molecular weight excluding hydrogens is 312 g/mol. The average Bonchev–Trinajstić information content (AvgIpc) is 2.55. The van der Waals surface area contributed by atoms with E-state index < -0.39 is 0 Å². The van der Waals surface area contributed by atoms with Gasteiger partial charge in [-0.2, -0.15) is 5.10 Å². The molecule has 2 rings (SSSR count). The van der Waals surface area contributed by atoms with Crippen LogP contribution in [0.4, 0.5) is 0 Å². The standard InChI is InChI=1S/C18H19ClN2O2/c1-13(2)18(14-8-4-3-5-9-14)21-20-17(22)12-23-16-11-7-6-10-15(16)19/h3-11,13H,12H2,1-2H3,(H,20,22)/b21-18+. The number of carbonyl (C=O) groups is 1. The number of amides is 1. The minimum atomic E-state index is -0.334. The number of hydrogen-bond donors (Lipinski definition) is 1. The van der Waals surface area contributed by atoms with Crippen LogP contribution in [0.2, 0.25) is 5.02 Å². The second-order valence-electron chi connectivity index (χ2n) is 5.27. The Kier molecular flexibility index (Phi) is 6.18. The average molecular weight is 331 g/mol. The molecule has 0 bridgehead atoms. The number of nitrogens with zero attached hydrogens (tertiary/aromatic N) is 1. The van der Waals surface area contributed by atoms with Crippen LogP contribution in [0.5, 0.6) is 5.75 Å². The molecule has 0 spiro atoms. The fraction of sp³-hybridized carbons (Fsp3) is 0.222. The Hall–Kier alpha value is -2.33. The highest BCUT2D eigenvalue weighted by Gasteiger charge is 2.10. The van der Waals surface area contributed by atoms with Crippen molar-refractivity contribution in [3.05, 3.63) is 65.2 Å². The maximum Gasteiger partial charge on any atom is 0.277 e. The lowest BCUT2D eigenvalue weighted by Gasteiger charge is -2.11. The first-order valence-electron chi connectivity index (χ1n) is 7.37. The number of halogens is 1. The predicted molar refractivity (Wildman–Crippen MR) is 92.9 cm³/mol. The van der Waals surface area contributed by atoms with Crippen LogP contribution in [0.1, 0.15) is 19.4 Å². The minimum absolute atomic E-state index is 0.145. The Morgan fingerprint density at radius 1 is 1.13 bits per heavy atom. The largest absolute Gasteiger partial charge is 0.482 e. The molecule has 0 aromatic heterocycles. The molecule has 2 aromatic rings. The summed E-state index contributed by atoms with van der Waals surface area (Å²) in [4.78, 5) is 11.9. The lowest BCUT2D eigenvalue weighted by atomic mass is 10.0. The molecule has 1 amide bonds. The molecule has 0 aliphatic rings. The summed E-state index contributed by atoms with van der Waals surface area (Å²) in [6.07, 6.45) is 0. The summed E-state index contributed by atoms with van der Waals surface area (Å²) in [6, 6.07) is 16.8. The van der Waals surface area contributed by atoms with Gasteiger partial charge in [-0.25, -0.2) is 5.43 Å². The Morgan fingerprint density at radius 2 is 1.78 bits per heavy atom. The number of hydrogen-bond acceptors (Lipinski definition) is 3. The van der Waals surface area contributed by atoms with Crippen molar-refractivity contribution in [2.45, 2.75) is 13.8 Å². The van der Waals surface area contributed by atoms with Gasteiger partial charge in [0, 0.05) is 0 Å².